The lowest BCUT2D eigenvalue weighted by molar-refractivity contribution is 0.202. The number of hydrogen-bond donors (Lipinski definition) is 2. The molecule has 20 heavy (non-hydrogen) atoms. The molecular formula is C15H24BNO3. The van der Waals surface area contributed by atoms with Crippen molar-refractivity contribution in [3.05, 3.63) is 23.8 Å². The quantitative estimate of drug-likeness (QED) is 0.810. The molecule has 0 radical (unpaired) electrons. The van der Waals surface area contributed by atoms with Crippen LogP contribution in [0, 0.1) is 0 Å². The SMILES string of the molecule is COc1ccc(B(O)O)cc1CN1CCCCCC1C. The maximum absolute atomic E-state index is 9.32. The van der Waals surface area contributed by atoms with E-state index < -0.39 is 7.12 Å². The third-order valence-corrected chi connectivity index (χ3v) is 4.17. The summed E-state index contributed by atoms with van der Waals surface area (Å²) in [6.45, 7) is 4.16. The highest BCUT2D eigenvalue weighted by Crippen LogP contribution is 2.23. The van der Waals surface area contributed by atoms with Gasteiger partial charge in [0, 0.05) is 18.2 Å². The highest BCUT2D eigenvalue weighted by Gasteiger charge is 2.20. The molecule has 4 nitrogen and oxygen atoms in total. The molecule has 5 heteroatoms. The average molecular weight is 277 g/mol. The predicted octanol–water partition coefficient (Wildman–Crippen LogP) is 1.14. The molecule has 1 aromatic carbocycles. The molecule has 110 valence electrons. The number of likely N-dealkylation sites (tertiary alicyclic amines) is 1. The second kappa shape index (κ2) is 7.11. The summed E-state index contributed by atoms with van der Waals surface area (Å²) >= 11 is 0. The molecule has 0 bridgehead atoms. The van der Waals surface area contributed by atoms with Gasteiger partial charge in [-0.25, -0.2) is 0 Å². The van der Waals surface area contributed by atoms with Crippen molar-refractivity contribution in [1.29, 1.82) is 0 Å². The highest BCUT2D eigenvalue weighted by atomic mass is 16.5. The Morgan fingerprint density at radius 2 is 2.10 bits per heavy atom. The average Bonchev–Trinajstić information content (AvgIpc) is 2.64. The molecule has 1 aliphatic heterocycles. The van der Waals surface area contributed by atoms with Gasteiger partial charge in [-0.05, 0) is 37.8 Å². The first-order chi connectivity index (χ1) is 9.61. The minimum absolute atomic E-state index is 0.517. The van der Waals surface area contributed by atoms with Gasteiger partial charge in [0.05, 0.1) is 7.11 Å². The van der Waals surface area contributed by atoms with Gasteiger partial charge in [-0.1, -0.05) is 25.0 Å². The summed E-state index contributed by atoms with van der Waals surface area (Å²) in [5.41, 5.74) is 1.54. The number of ether oxygens (including phenoxy) is 1. The third-order valence-electron chi connectivity index (χ3n) is 4.17. The number of rotatable bonds is 4. The number of hydrogen-bond acceptors (Lipinski definition) is 4. The van der Waals surface area contributed by atoms with Crippen LogP contribution in [0.1, 0.15) is 38.2 Å². The van der Waals surface area contributed by atoms with E-state index in [1.165, 1.54) is 25.7 Å². The van der Waals surface area contributed by atoms with E-state index in [0.717, 1.165) is 24.4 Å². The maximum Gasteiger partial charge on any atom is 0.488 e. The molecule has 0 aliphatic carbocycles. The Morgan fingerprint density at radius 1 is 1.30 bits per heavy atom. The Bertz CT molecular complexity index is 439. The summed E-state index contributed by atoms with van der Waals surface area (Å²) < 4.78 is 5.40. The van der Waals surface area contributed by atoms with Crippen molar-refractivity contribution in [3.63, 3.8) is 0 Å². The van der Waals surface area contributed by atoms with E-state index in [9.17, 15) is 10.0 Å². The first-order valence-electron chi connectivity index (χ1n) is 7.39. The molecule has 1 unspecified atom stereocenters. The predicted molar refractivity (Wildman–Crippen MR) is 81.2 cm³/mol. The van der Waals surface area contributed by atoms with Gasteiger partial charge in [0.25, 0.3) is 0 Å². The lowest BCUT2D eigenvalue weighted by atomic mass is 9.79. The number of nitrogens with zero attached hydrogens (tertiary/aromatic N) is 1. The summed E-state index contributed by atoms with van der Waals surface area (Å²) in [7, 11) is 0.223. The van der Waals surface area contributed by atoms with Gasteiger partial charge in [0.15, 0.2) is 0 Å². The van der Waals surface area contributed by atoms with Crippen LogP contribution in [0.3, 0.4) is 0 Å². The van der Waals surface area contributed by atoms with E-state index in [-0.39, 0.29) is 0 Å². The zero-order valence-corrected chi connectivity index (χ0v) is 12.4. The van der Waals surface area contributed by atoms with Crippen molar-refractivity contribution in [3.8, 4) is 5.75 Å². The molecule has 2 rings (SSSR count). The lowest BCUT2D eigenvalue weighted by Gasteiger charge is -2.27. The molecule has 1 atom stereocenters. The lowest BCUT2D eigenvalue weighted by Crippen LogP contribution is -2.34. The number of benzene rings is 1. The Labute approximate surface area is 121 Å². The molecule has 1 heterocycles. The zero-order valence-electron chi connectivity index (χ0n) is 12.4. The molecule has 1 aromatic rings. The van der Waals surface area contributed by atoms with Crippen LogP contribution in [-0.4, -0.2) is 41.8 Å². The standard InChI is InChI=1S/C15H24BNO3/c1-12-6-4-3-5-9-17(12)11-13-10-14(16(18)19)7-8-15(13)20-2/h7-8,10,12,18-19H,3-6,9,11H2,1-2H3. The fourth-order valence-electron chi connectivity index (χ4n) is 2.87. The van der Waals surface area contributed by atoms with Crippen LogP contribution in [0.25, 0.3) is 0 Å². The topological polar surface area (TPSA) is 52.9 Å². The van der Waals surface area contributed by atoms with E-state index in [2.05, 4.69) is 11.8 Å². The highest BCUT2D eigenvalue weighted by molar-refractivity contribution is 6.58. The zero-order chi connectivity index (χ0) is 14.5. The van der Waals surface area contributed by atoms with E-state index >= 15 is 0 Å². The normalized spacial score (nSPS) is 20.5. The van der Waals surface area contributed by atoms with Gasteiger partial charge in [0.1, 0.15) is 5.75 Å². The summed E-state index contributed by atoms with van der Waals surface area (Å²) in [6, 6.07) is 5.90. The van der Waals surface area contributed by atoms with Crippen LogP contribution in [0.5, 0.6) is 5.75 Å². The monoisotopic (exact) mass is 277 g/mol. The van der Waals surface area contributed by atoms with Crippen molar-refractivity contribution in [2.24, 2.45) is 0 Å². The first-order valence-corrected chi connectivity index (χ1v) is 7.39. The van der Waals surface area contributed by atoms with Crippen LogP contribution in [-0.2, 0) is 6.54 Å². The second-order valence-corrected chi connectivity index (χ2v) is 5.61. The molecular weight excluding hydrogens is 253 g/mol. The third kappa shape index (κ3) is 3.75. The molecule has 0 saturated carbocycles. The fraction of sp³-hybridized carbons (Fsp3) is 0.600. The molecule has 2 N–H and O–H groups in total. The summed E-state index contributed by atoms with van der Waals surface area (Å²) in [5, 5.41) is 18.6. The summed E-state index contributed by atoms with van der Waals surface area (Å²) in [6.07, 6.45) is 5.05. The van der Waals surface area contributed by atoms with Crippen molar-refractivity contribution in [2.75, 3.05) is 13.7 Å². The minimum atomic E-state index is -1.43. The van der Waals surface area contributed by atoms with Gasteiger partial charge >= 0.3 is 7.12 Å². The number of methoxy groups -OCH3 is 1. The van der Waals surface area contributed by atoms with E-state index in [4.69, 9.17) is 4.74 Å². The van der Waals surface area contributed by atoms with Gasteiger partial charge in [0.2, 0.25) is 0 Å². The molecule has 0 aromatic heterocycles. The van der Waals surface area contributed by atoms with Crippen LogP contribution < -0.4 is 10.2 Å². The van der Waals surface area contributed by atoms with Crippen molar-refractivity contribution >= 4 is 12.6 Å². The van der Waals surface area contributed by atoms with E-state index in [1.807, 2.05) is 12.1 Å². The second-order valence-electron chi connectivity index (χ2n) is 5.61. The Hall–Kier alpha value is -1.04. The van der Waals surface area contributed by atoms with Crippen LogP contribution in [0.2, 0.25) is 0 Å². The summed E-state index contributed by atoms with van der Waals surface area (Å²) in [5.74, 6) is 0.811. The van der Waals surface area contributed by atoms with E-state index in [0.29, 0.717) is 11.5 Å². The van der Waals surface area contributed by atoms with Gasteiger partial charge in [-0.3, -0.25) is 4.90 Å². The molecule has 0 amide bonds. The Kier molecular flexibility index (Phi) is 5.46. The largest absolute Gasteiger partial charge is 0.496 e. The van der Waals surface area contributed by atoms with Crippen molar-refractivity contribution < 1.29 is 14.8 Å². The van der Waals surface area contributed by atoms with E-state index in [1.54, 1.807) is 13.2 Å². The maximum atomic E-state index is 9.32. The Balaban J connectivity index is 2.19. The van der Waals surface area contributed by atoms with Crippen LogP contribution in [0.15, 0.2) is 18.2 Å². The van der Waals surface area contributed by atoms with Gasteiger partial charge < -0.3 is 14.8 Å². The summed E-state index contributed by atoms with van der Waals surface area (Å²) in [4.78, 5) is 2.46. The molecule has 1 fully saturated rings. The molecule has 1 aliphatic rings. The van der Waals surface area contributed by atoms with Crippen molar-refractivity contribution in [1.82, 2.24) is 4.90 Å². The van der Waals surface area contributed by atoms with Gasteiger partial charge in [-0.2, -0.15) is 0 Å². The minimum Gasteiger partial charge on any atom is -0.496 e. The molecule has 0 spiro atoms. The fourth-order valence-corrected chi connectivity index (χ4v) is 2.87. The first kappa shape index (κ1) is 15.4. The van der Waals surface area contributed by atoms with Crippen LogP contribution in [0.4, 0.5) is 0 Å². The van der Waals surface area contributed by atoms with Gasteiger partial charge in [-0.15, -0.1) is 0 Å². The van der Waals surface area contributed by atoms with Crippen LogP contribution >= 0.6 is 0 Å². The Morgan fingerprint density at radius 3 is 2.80 bits per heavy atom. The molecule has 1 saturated heterocycles. The smallest absolute Gasteiger partial charge is 0.488 e. The van der Waals surface area contributed by atoms with Crippen molar-refractivity contribution in [2.45, 2.75) is 45.2 Å².